The SMILES string of the molecule is CC(C)CNC(=O)[C@@H](C)N(Cc1ccccc1F)C(=O)CN(c1ccc(F)c(Cl)c1)S(C)(=O)=O. The molecule has 186 valence electrons. The summed E-state index contributed by atoms with van der Waals surface area (Å²) in [6.07, 6.45) is 0.886. The summed E-state index contributed by atoms with van der Waals surface area (Å²) in [6.45, 7) is 4.71. The molecule has 34 heavy (non-hydrogen) atoms. The molecule has 0 unspecified atom stereocenters. The van der Waals surface area contributed by atoms with Crippen LogP contribution in [0.3, 0.4) is 0 Å². The molecule has 0 aliphatic carbocycles. The first-order valence-electron chi connectivity index (χ1n) is 10.5. The van der Waals surface area contributed by atoms with Crippen molar-refractivity contribution in [2.45, 2.75) is 33.4 Å². The molecule has 0 aromatic heterocycles. The second-order valence-electron chi connectivity index (χ2n) is 8.30. The van der Waals surface area contributed by atoms with Crippen molar-refractivity contribution < 1.29 is 26.8 Å². The van der Waals surface area contributed by atoms with E-state index in [4.69, 9.17) is 11.6 Å². The third-order valence-electron chi connectivity index (χ3n) is 5.02. The highest BCUT2D eigenvalue weighted by molar-refractivity contribution is 7.92. The molecule has 0 fully saturated rings. The summed E-state index contributed by atoms with van der Waals surface area (Å²) in [5.74, 6) is -2.37. The summed E-state index contributed by atoms with van der Waals surface area (Å²) >= 11 is 5.80. The van der Waals surface area contributed by atoms with Crippen LogP contribution >= 0.6 is 11.6 Å². The molecule has 0 aliphatic heterocycles. The number of hydrogen-bond donors (Lipinski definition) is 1. The number of rotatable bonds is 10. The Morgan fingerprint density at radius 3 is 2.26 bits per heavy atom. The van der Waals surface area contributed by atoms with Crippen molar-refractivity contribution in [2.75, 3.05) is 23.7 Å². The third kappa shape index (κ3) is 7.39. The summed E-state index contributed by atoms with van der Waals surface area (Å²) in [5, 5.41) is 2.41. The lowest BCUT2D eigenvalue weighted by Crippen LogP contribution is -2.51. The van der Waals surface area contributed by atoms with Crippen molar-refractivity contribution in [3.8, 4) is 0 Å². The molecule has 0 heterocycles. The highest BCUT2D eigenvalue weighted by atomic mass is 35.5. The molecule has 1 atom stereocenters. The van der Waals surface area contributed by atoms with Crippen LogP contribution in [-0.2, 0) is 26.2 Å². The summed E-state index contributed by atoms with van der Waals surface area (Å²) in [5.41, 5.74) is 0.139. The van der Waals surface area contributed by atoms with Gasteiger partial charge in [-0.1, -0.05) is 43.6 Å². The first kappa shape index (κ1) is 27.5. The van der Waals surface area contributed by atoms with Crippen LogP contribution in [0.25, 0.3) is 0 Å². The number of halogens is 3. The lowest BCUT2D eigenvalue weighted by Gasteiger charge is -2.31. The molecule has 0 saturated heterocycles. The topological polar surface area (TPSA) is 86.8 Å². The molecule has 0 aliphatic rings. The Kier molecular flexibility index (Phi) is 9.40. The number of benzene rings is 2. The van der Waals surface area contributed by atoms with Gasteiger partial charge in [0.1, 0.15) is 24.2 Å². The lowest BCUT2D eigenvalue weighted by molar-refractivity contribution is -0.139. The van der Waals surface area contributed by atoms with Crippen molar-refractivity contribution in [2.24, 2.45) is 5.92 Å². The quantitative estimate of drug-likeness (QED) is 0.524. The zero-order valence-electron chi connectivity index (χ0n) is 19.4. The van der Waals surface area contributed by atoms with Gasteiger partial charge in [-0.2, -0.15) is 0 Å². The lowest BCUT2D eigenvalue weighted by atomic mass is 10.1. The van der Waals surface area contributed by atoms with Crippen LogP contribution in [0, 0.1) is 17.6 Å². The van der Waals surface area contributed by atoms with E-state index in [1.807, 2.05) is 13.8 Å². The highest BCUT2D eigenvalue weighted by Gasteiger charge is 2.30. The second kappa shape index (κ2) is 11.6. The first-order valence-corrected chi connectivity index (χ1v) is 12.8. The zero-order chi connectivity index (χ0) is 25.6. The Hall–Kier alpha value is -2.72. The zero-order valence-corrected chi connectivity index (χ0v) is 21.0. The van der Waals surface area contributed by atoms with Crippen molar-refractivity contribution in [1.29, 1.82) is 0 Å². The number of sulfonamides is 1. The van der Waals surface area contributed by atoms with E-state index in [1.54, 1.807) is 6.07 Å². The summed E-state index contributed by atoms with van der Waals surface area (Å²) in [7, 11) is -3.99. The molecular formula is C23H28ClF2N3O4S. The van der Waals surface area contributed by atoms with Gasteiger partial charge in [-0.05, 0) is 37.1 Å². The normalized spacial score (nSPS) is 12.4. The van der Waals surface area contributed by atoms with Gasteiger partial charge < -0.3 is 10.2 Å². The minimum absolute atomic E-state index is 0.0231. The van der Waals surface area contributed by atoms with E-state index in [2.05, 4.69) is 5.32 Å². The van der Waals surface area contributed by atoms with E-state index >= 15 is 0 Å². The number of hydrogen-bond acceptors (Lipinski definition) is 4. The van der Waals surface area contributed by atoms with Gasteiger partial charge in [-0.15, -0.1) is 0 Å². The van der Waals surface area contributed by atoms with Crippen molar-refractivity contribution >= 4 is 39.1 Å². The standard InChI is InChI=1S/C23H28ClF2N3O4S/c1-15(2)12-27-23(31)16(3)28(13-17-7-5-6-8-20(17)25)22(30)14-29(34(4,32)33)18-9-10-21(26)19(24)11-18/h5-11,15-16H,12-14H2,1-4H3,(H,27,31)/t16-/m1/s1. The molecule has 7 nitrogen and oxygen atoms in total. The van der Waals surface area contributed by atoms with Gasteiger partial charge in [-0.3, -0.25) is 13.9 Å². The van der Waals surface area contributed by atoms with E-state index in [0.29, 0.717) is 6.54 Å². The molecule has 2 aromatic rings. The number of carbonyl (C=O) groups excluding carboxylic acids is 2. The molecule has 0 bridgehead atoms. The van der Waals surface area contributed by atoms with Gasteiger partial charge in [0.2, 0.25) is 21.8 Å². The van der Waals surface area contributed by atoms with Gasteiger partial charge in [0.25, 0.3) is 0 Å². The van der Waals surface area contributed by atoms with E-state index in [-0.39, 0.29) is 28.7 Å². The van der Waals surface area contributed by atoms with Crippen molar-refractivity contribution in [3.63, 3.8) is 0 Å². The van der Waals surface area contributed by atoms with E-state index in [9.17, 15) is 26.8 Å². The van der Waals surface area contributed by atoms with Gasteiger partial charge in [-0.25, -0.2) is 17.2 Å². The van der Waals surface area contributed by atoms with E-state index in [0.717, 1.165) is 27.6 Å². The Bertz CT molecular complexity index is 1140. The highest BCUT2D eigenvalue weighted by Crippen LogP contribution is 2.25. The average Bonchev–Trinajstić information content (AvgIpc) is 2.75. The fraction of sp³-hybridized carbons (Fsp3) is 0.391. The Morgan fingerprint density at radius 1 is 1.06 bits per heavy atom. The van der Waals surface area contributed by atoms with Crippen LogP contribution < -0.4 is 9.62 Å². The summed E-state index contributed by atoms with van der Waals surface area (Å²) in [4.78, 5) is 27.2. The Labute approximate surface area is 203 Å². The predicted molar refractivity (Wildman–Crippen MR) is 128 cm³/mol. The molecule has 11 heteroatoms. The maximum absolute atomic E-state index is 14.3. The molecule has 2 aromatic carbocycles. The third-order valence-corrected chi connectivity index (χ3v) is 6.45. The molecule has 0 spiro atoms. The minimum Gasteiger partial charge on any atom is -0.354 e. The van der Waals surface area contributed by atoms with Crippen LogP contribution in [-0.4, -0.2) is 50.5 Å². The van der Waals surface area contributed by atoms with Crippen LogP contribution in [0.4, 0.5) is 14.5 Å². The second-order valence-corrected chi connectivity index (χ2v) is 10.6. The molecule has 1 N–H and O–H groups in total. The largest absolute Gasteiger partial charge is 0.354 e. The van der Waals surface area contributed by atoms with Crippen LogP contribution in [0.15, 0.2) is 42.5 Å². The van der Waals surface area contributed by atoms with Crippen LogP contribution in [0.2, 0.25) is 5.02 Å². The van der Waals surface area contributed by atoms with Crippen LogP contribution in [0.5, 0.6) is 0 Å². The van der Waals surface area contributed by atoms with Crippen molar-refractivity contribution in [3.05, 3.63) is 64.7 Å². The van der Waals surface area contributed by atoms with Crippen molar-refractivity contribution in [1.82, 2.24) is 10.2 Å². The summed E-state index contributed by atoms with van der Waals surface area (Å²) in [6, 6.07) is 8.01. The Morgan fingerprint density at radius 2 is 1.71 bits per heavy atom. The van der Waals surface area contributed by atoms with Gasteiger partial charge in [0.05, 0.1) is 17.0 Å². The average molecular weight is 516 g/mol. The summed E-state index contributed by atoms with van der Waals surface area (Å²) < 4.78 is 53.6. The van der Waals surface area contributed by atoms with Gasteiger partial charge >= 0.3 is 0 Å². The molecule has 2 amide bonds. The number of nitrogens with zero attached hydrogens (tertiary/aromatic N) is 2. The molecule has 0 radical (unpaired) electrons. The smallest absolute Gasteiger partial charge is 0.244 e. The minimum atomic E-state index is -3.99. The van der Waals surface area contributed by atoms with E-state index < -0.39 is 46.1 Å². The van der Waals surface area contributed by atoms with E-state index in [1.165, 1.54) is 31.2 Å². The molecular weight excluding hydrogens is 488 g/mol. The van der Waals surface area contributed by atoms with Gasteiger partial charge in [0.15, 0.2) is 0 Å². The fourth-order valence-corrected chi connectivity index (χ4v) is 4.12. The molecule has 2 rings (SSSR count). The number of nitrogens with one attached hydrogen (secondary N) is 1. The number of anilines is 1. The number of amides is 2. The van der Waals surface area contributed by atoms with Crippen LogP contribution in [0.1, 0.15) is 26.3 Å². The predicted octanol–water partition coefficient (Wildman–Crippen LogP) is 3.57. The fourth-order valence-electron chi connectivity index (χ4n) is 3.10. The maximum Gasteiger partial charge on any atom is 0.244 e. The molecule has 0 saturated carbocycles. The maximum atomic E-state index is 14.3. The Balaban J connectivity index is 2.40. The first-order chi connectivity index (χ1) is 15.8. The monoisotopic (exact) mass is 515 g/mol. The number of carbonyl (C=O) groups is 2. The van der Waals surface area contributed by atoms with Gasteiger partial charge in [0, 0.05) is 18.7 Å².